The summed E-state index contributed by atoms with van der Waals surface area (Å²) in [5.41, 5.74) is 0.729. The second-order valence-corrected chi connectivity index (χ2v) is 9.94. The molecule has 1 spiro atoms. The Morgan fingerprint density at radius 1 is 1.00 bits per heavy atom. The smallest absolute Gasteiger partial charge is 0.376 e. The molecule has 0 saturated carbocycles. The molecular formula is C26H29F6N3O3. The fraction of sp³-hybridized carbons (Fsp3) is 0.538. The molecule has 1 amide bonds. The van der Waals surface area contributed by atoms with Gasteiger partial charge in [0.25, 0.3) is 11.7 Å². The Balaban J connectivity index is 1.43. The van der Waals surface area contributed by atoms with Crippen LogP contribution in [-0.4, -0.2) is 71.2 Å². The van der Waals surface area contributed by atoms with Crippen molar-refractivity contribution in [2.24, 2.45) is 0 Å². The molecule has 1 fully saturated rings. The Kier molecular flexibility index (Phi) is 7.68. The van der Waals surface area contributed by atoms with Gasteiger partial charge in [-0.25, -0.2) is 0 Å². The topological polar surface area (TPSA) is 54.8 Å². The number of amides is 1. The number of benzene rings is 1. The SMILES string of the molecule is C[C@H]1Cn2c(C(=O)C(F)(F)F)ccc2C2(CCN(C(=O)c3ccc(COCCC(F)(F)F)cc3)CC2)N1C. The number of likely N-dealkylation sites (N-methyl/N-ethyl adjacent to an activating group) is 1. The summed E-state index contributed by atoms with van der Waals surface area (Å²) < 4.78 is 82.7. The van der Waals surface area contributed by atoms with Crippen molar-refractivity contribution in [1.82, 2.24) is 14.4 Å². The zero-order valence-corrected chi connectivity index (χ0v) is 21.0. The second kappa shape index (κ2) is 10.4. The van der Waals surface area contributed by atoms with Gasteiger partial charge >= 0.3 is 12.4 Å². The normalized spacial score (nSPS) is 20.0. The maximum Gasteiger partial charge on any atom is 0.456 e. The zero-order valence-electron chi connectivity index (χ0n) is 21.0. The summed E-state index contributed by atoms with van der Waals surface area (Å²) in [5.74, 6) is -2.07. The first-order valence-corrected chi connectivity index (χ1v) is 12.3. The number of hydrogen-bond acceptors (Lipinski definition) is 4. The number of halogens is 6. The van der Waals surface area contributed by atoms with E-state index in [9.17, 15) is 35.9 Å². The van der Waals surface area contributed by atoms with Crippen molar-refractivity contribution in [3.63, 3.8) is 0 Å². The van der Waals surface area contributed by atoms with E-state index in [1.807, 2.05) is 14.0 Å². The van der Waals surface area contributed by atoms with E-state index in [2.05, 4.69) is 4.90 Å². The molecule has 208 valence electrons. The first-order valence-electron chi connectivity index (χ1n) is 12.3. The van der Waals surface area contributed by atoms with E-state index in [4.69, 9.17) is 4.74 Å². The molecule has 0 radical (unpaired) electrons. The summed E-state index contributed by atoms with van der Waals surface area (Å²) in [7, 11) is 1.92. The zero-order chi connectivity index (χ0) is 27.9. The van der Waals surface area contributed by atoms with Crippen LogP contribution in [0, 0.1) is 0 Å². The molecule has 1 aromatic heterocycles. The summed E-state index contributed by atoms with van der Waals surface area (Å²) in [6.45, 7) is 2.45. The molecule has 3 heterocycles. The quantitative estimate of drug-likeness (QED) is 0.286. The maximum absolute atomic E-state index is 13.2. The lowest BCUT2D eigenvalue weighted by Gasteiger charge is -2.53. The van der Waals surface area contributed by atoms with Crippen molar-refractivity contribution < 1.29 is 40.7 Å². The van der Waals surface area contributed by atoms with E-state index >= 15 is 0 Å². The van der Waals surface area contributed by atoms with Gasteiger partial charge in [-0.05, 0) is 56.6 Å². The Morgan fingerprint density at radius 2 is 1.63 bits per heavy atom. The third-order valence-corrected chi connectivity index (χ3v) is 7.61. The summed E-state index contributed by atoms with van der Waals surface area (Å²) in [6.07, 6.45) is -9.31. The third-order valence-electron chi connectivity index (χ3n) is 7.61. The molecular weight excluding hydrogens is 516 g/mol. The van der Waals surface area contributed by atoms with E-state index in [0.717, 1.165) is 0 Å². The molecule has 38 heavy (non-hydrogen) atoms. The predicted molar refractivity (Wildman–Crippen MR) is 126 cm³/mol. The summed E-state index contributed by atoms with van der Waals surface area (Å²) in [4.78, 5) is 29.0. The average molecular weight is 546 g/mol. The Morgan fingerprint density at radius 3 is 2.21 bits per heavy atom. The van der Waals surface area contributed by atoms with Crippen LogP contribution in [0.25, 0.3) is 0 Å². The van der Waals surface area contributed by atoms with Crippen LogP contribution in [0.15, 0.2) is 36.4 Å². The lowest BCUT2D eigenvalue weighted by molar-refractivity contribution is -0.146. The number of carbonyl (C=O) groups excluding carboxylic acids is 2. The van der Waals surface area contributed by atoms with Gasteiger partial charge in [0.1, 0.15) is 0 Å². The van der Waals surface area contributed by atoms with E-state index in [-0.39, 0.29) is 30.8 Å². The Bertz CT molecular complexity index is 1160. The van der Waals surface area contributed by atoms with Crippen LogP contribution in [-0.2, 0) is 23.4 Å². The highest BCUT2D eigenvalue weighted by Crippen LogP contribution is 2.44. The van der Waals surface area contributed by atoms with Gasteiger partial charge in [-0.2, -0.15) is 26.3 Å². The lowest BCUT2D eigenvalue weighted by atomic mass is 9.80. The third kappa shape index (κ3) is 5.61. The molecule has 1 atom stereocenters. The van der Waals surface area contributed by atoms with Gasteiger partial charge in [0, 0.05) is 36.9 Å². The fourth-order valence-corrected chi connectivity index (χ4v) is 5.40. The van der Waals surface area contributed by atoms with E-state index in [1.165, 1.54) is 10.6 Å². The summed E-state index contributed by atoms with van der Waals surface area (Å²) in [6, 6.07) is 9.18. The van der Waals surface area contributed by atoms with Crippen molar-refractivity contribution in [3.8, 4) is 0 Å². The van der Waals surface area contributed by atoms with Crippen LogP contribution in [0.2, 0.25) is 0 Å². The van der Waals surface area contributed by atoms with Crippen molar-refractivity contribution in [1.29, 1.82) is 0 Å². The number of Topliss-reactive ketones (excluding diaryl/α,β-unsaturated/α-hetero) is 1. The van der Waals surface area contributed by atoms with Crippen molar-refractivity contribution >= 4 is 11.7 Å². The van der Waals surface area contributed by atoms with E-state index in [1.54, 1.807) is 35.2 Å². The fourth-order valence-electron chi connectivity index (χ4n) is 5.40. The van der Waals surface area contributed by atoms with Crippen LogP contribution in [0.5, 0.6) is 0 Å². The minimum Gasteiger partial charge on any atom is -0.376 e. The van der Waals surface area contributed by atoms with Crippen molar-refractivity contribution in [2.75, 3.05) is 26.7 Å². The highest BCUT2D eigenvalue weighted by atomic mass is 19.4. The molecule has 6 nitrogen and oxygen atoms in total. The molecule has 0 unspecified atom stereocenters. The predicted octanol–water partition coefficient (Wildman–Crippen LogP) is 5.17. The first kappa shape index (κ1) is 28.2. The molecule has 4 rings (SSSR count). The van der Waals surface area contributed by atoms with Crippen LogP contribution >= 0.6 is 0 Å². The summed E-state index contributed by atoms with van der Waals surface area (Å²) >= 11 is 0. The van der Waals surface area contributed by atoms with Crippen LogP contribution in [0.1, 0.15) is 58.3 Å². The molecule has 1 aromatic carbocycles. The average Bonchev–Trinajstić information content (AvgIpc) is 3.28. The van der Waals surface area contributed by atoms with Gasteiger partial charge in [0.05, 0.1) is 30.9 Å². The number of ether oxygens (including phenoxy) is 1. The van der Waals surface area contributed by atoms with Gasteiger partial charge in [0.15, 0.2) is 0 Å². The second-order valence-electron chi connectivity index (χ2n) is 9.94. The number of alkyl halides is 6. The standard InChI is InChI=1S/C26H29F6N3O3/c1-17-15-35-20(22(36)26(30,31)32)7-8-21(35)24(33(17)2)9-12-34(13-10-24)23(37)19-5-3-18(4-6-19)16-38-14-11-25(27,28)29/h3-8,17H,9-16H2,1-2H3/t17-/m0/s1. The van der Waals surface area contributed by atoms with Gasteiger partial charge in [0.2, 0.25) is 0 Å². The largest absolute Gasteiger partial charge is 0.456 e. The highest BCUT2D eigenvalue weighted by Gasteiger charge is 2.49. The lowest BCUT2D eigenvalue weighted by Crippen LogP contribution is -2.59. The molecule has 0 bridgehead atoms. The monoisotopic (exact) mass is 545 g/mol. The minimum atomic E-state index is -4.96. The number of nitrogens with zero attached hydrogens (tertiary/aromatic N) is 3. The molecule has 0 N–H and O–H groups in total. The van der Waals surface area contributed by atoms with Crippen molar-refractivity contribution in [2.45, 2.75) is 63.3 Å². The molecule has 0 aliphatic carbocycles. The van der Waals surface area contributed by atoms with E-state index < -0.39 is 36.7 Å². The number of aromatic nitrogens is 1. The molecule has 12 heteroatoms. The highest BCUT2D eigenvalue weighted by molar-refractivity contribution is 5.99. The number of ketones is 1. The number of hydrogen-bond donors (Lipinski definition) is 0. The summed E-state index contributed by atoms with van der Waals surface area (Å²) in [5, 5.41) is 0. The van der Waals surface area contributed by atoms with Gasteiger partial charge in [-0.3, -0.25) is 14.5 Å². The number of likely N-dealkylation sites (tertiary alicyclic amines) is 1. The van der Waals surface area contributed by atoms with Crippen LogP contribution in [0.3, 0.4) is 0 Å². The molecule has 2 aliphatic heterocycles. The maximum atomic E-state index is 13.2. The van der Waals surface area contributed by atoms with Crippen LogP contribution < -0.4 is 0 Å². The minimum absolute atomic E-state index is 0.000218. The number of fused-ring (bicyclic) bond motifs is 2. The number of rotatable bonds is 6. The van der Waals surface area contributed by atoms with Gasteiger partial charge in [-0.15, -0.1) is 0 Å². The number of piperidine rings is 1. The molecule has 2 aromatic rings. The van der Waals surface area contributed by atoms with Crippen molar-refractivity contribution in [3.05, 3.63) is 58.9 Å². The first-order chi connectivity index (χ1) is 17.7. The molecule has 1 saturated heterocycles. The molecule has 2 aliphatic rings. The van der Waals surface area contributed by atoms with Crippen LogP contribution in [0.4, 0.5) is 26.3 Å². The number of carbonyl (C=O) groups is 2. The van der Waals surface area contributed by atoms with E-state index in [0.29, 0.717) is 42.8 Å². The Labute approximate surface area is 216 Å². The Hall–Kier alpha value is -2.86. The van der Waals surface area contributed by atoms with Gasteiger partial charge in [-0.1, -0.05) is 12.1 Å². The van der Waals surface area contributed by atoms with Gasteiger partial charge < -0.3 is 14.2 Å².